The van der Waals surface area contributed by atoms with E-state index in [1.165, 1.54) is 0 Å². The van der Waals surface area contributed by atoms with E-state index in [2.05, 4.69) is 15.6 Å². The Morgan fingerprint density at radius 3 is 2.74 bits per heavy atom. The van der Waals surface area contributed by atoms with Gasteiger partial charge in [-0.1, -0.05) is 23.2 Å². The summed E-state index contributed by atoms with van der Waals surface area (Å²) in [7, 11) is 0. The van der Waals surface area contributed by atoms with E-state index in [1.54, 1.807) is 12.1 Å². The van der Waals surface area contributed by atoms with Gasteiger partial charge < -0.3 is 10.6 Å². The summed E-state index contributed by atoms with van der Waals surface area (Å²) >= 11 is 17.0. The summed E-state index contributed by atoms with van der Waals surface area (Å²) in [5, 5.41) is 7.69. The molecule has 3 N–H and O–H groups in total. The molecule has 0 aliphatic heterocycles. The highest BCUT2D eigenvalue weighted by Crippen LogP contribution is 2.24. The maximum Gasteiger partial charge on any atom is 0.171 e. The molecule has 1 aromatic carbocycles. The molecule has 0 saturated carbocycles. The summed E-state index contributed by atoms with van der Waals surface area (Å²) in [6.07, 6.45) is 3.77. The van der Waals surface area contributed by atoms with Crippen LogP contribution in [0.15, 0.2) is 42.7 Å². The van der Waals surface area contributed by atoms with Crippen molar-refractivity contribution in [3.05, 3.63) is 58.3 Å². The summed E-state index contributed by atoms with van der Waals surface area (Å²) < 4.78 is 0. The number of thiocarbonyl (C=S) groups is 1. The SMILES string of the molecule is S=C(NCc1ccc[nH+]c1)Nc1ccc(Cl)c(Cl)c1. The molecule has 6 heteroatoms. The zero-order valence-corrected chi connectivity index (χ0v) is 12.2. The van der Waals surface area contributed by atoms with Gasteiger partial charge in [-0.15, -0.1) is 0 Å². The Bertz CT molecular complexity index is 575. The van der Waals surface area contributed by atoms with E-state index >= 15 is 0 Å². The Kier molecular flexibility index (Phi) is 4.96. The molecule has 0 bridgehead atoms. The van der Waals surface area contributed by atoms with Crippen LogP contribution < -0.4 is 15.6 Å². The Morgan fingerprint density at radius 1 is 1.21 bits per heavy atom. The van der Waals surface area contributed by atoms with Crippen LogP contribution in [0.5, 0.6) is 0 Å². The second kappa shape index (κ2) is 6.70. The number of H-pyrrole nitrogens is 1. The highest BCUT2D eigenvalue weighted by molar-refractivity contribution is 7.80. The number of hydrogen-bond acceptors (Lipinski definition) is 1. The lowest BCUT2D eigenvalue weighted by Crippen LogP contribution is -2.28. The first-order chi connectivity index (χ1) is 9.15. The van der Waals surface area contributed by atoms with Gasteiger partial charge in [0.15, 0.2) is 17.5 Å². The van der Waals surface area contributed by atoms with E-state index in [1.807, 2.05) is 30.6 Å². The monoisotopic (exact) mass is 312 g/mol. The maximum absolute atomic E-state index is 5.93. The Balaban J connectivity index is 1.89. The van der Waals surface area contributed by atoms with Gasteiger partial charge in [-0.2, -0.15) is 0 Å². The van der Waals surface area contributed by atoms with E-state index in [9.17, 15) is 0 Å². The molecule has 0 radical (unpaired) electrons. The fraction of sp³-hybridized carbons (Fsp3) is 0.0769. The minimum absolute atomic E-state index is 0.493. The van der Waals surface area contributed by atoms with Gasteiger partial charge in [-0.05, 0) is 36.5 Å². The number of nitrogens with one attached hydrogen (secondary N) is 3. The van der Waals surface area contributed by atoms with Gasteiger partial charge in [-0.3, -0.25) is 0 Å². The average Bonchev–Trinajstić information content (AvgIpc) is 2.42. The number of anilines is 1. The van der Waals surface area contributed by atoms with Crippen molar-refractivity contribution in [3.8, 4) is 0 Å². The van der Waals surface area contributed by atoms with Crippen LogP contribution in [0.3, 0.4) is 0 Å². The number of halogens is 2. The third kappa shape index (κ3) is 4.35. The smallest absolute Gasteiger partial charge is 0.171 e. The minimum Gasteiger partial charge on any atom is -0.358 e. The molecule has 0 saturated heterocycles. The number of benzene rings is 1. The number of hydrogen-bond donors (Lipinski definition) is 2. The largest absolute Gasteiger partial charge is 0.358 e. The van der Waals surface area contributed by atoms with Crippen molar-refractivity contribution in [1.82, 2.24) is 5.32 Å². The van der Waals surface area contributed by atoms with Crippen LogP contribution >= 0.6 is 35.4 Å². The van der Waals surface area contributed by atoms with Gasteiger partial charge in [0.05, 0.1) is 10.0 Å². The second-order valence-electron chi connectivity index (χ2n) is 3.85. The fourth-order valence-corrected chi connectivity index (χ4v) is 1.96. The van der Waals surface area contributed by atoms with E-state index in [-0.39, 0.29) is 0 Å². The average molecular weight is 313 g/mol. The lowest BCUT2D eigenvalue weighted by molar-refractivity contribution is -0.378. The summed E-state index contributed by atoms with van der Waals surface area (Å²) in [6.45, 7) is 0.643. The van der Waals surface area contributed by atoms with Crippen LogP contribution in [0.1, 0.15) is 5.56 Å². The lowest BCUT2D eigenvalue weighted by Gasteiger charge is -2.10. The predicted molar refractivity (Wildman–Crippen MR) is 82.5 cm³/mol. The molecule has 19 heavy (non-hydrogen) atoms. The van der Waals surface area contributed by atoms with Crippen LogP contribution in [0.4, 0.5) is 5.69 Å². The van der Waals surface area contributed by atoms with Gasteiger partial charge in [0, 0.05) is 23.9 Å². The molecule has 0 amide bonds. The van der Waals surface area contributed by atoms with E-state index in [0.29, 0.717) is 21.7 Å². The van der Waals surface area contributed by atoms with Crippen molar-refractivity contribution in [3.63, 3.8) is 0 Å². The Hall–Kier alpha value is -1.36. The zero-order valence-electron chi connectivity index (χ0n) is 9.91. The van der Waals surface area contributed by atoms with Crippen molar-refractivity contribution >= 4 is 46.2 Å². The molecule has 2 aromatic rings. The third-order valence-corrected chi connectivity index (χ3v) is 3.39. The molecule has 1 aromatic heterocycles. The van der Waals surface area contributed by atoms with Crippen LogP contribution in [0.25, 0.3) is 0 Å². The number of pyridine rings is 1. The molecular formula is C13H12Cl2N3S+. The second-order valence-corrected chi connectivity index (χ2v) is 5.07. The van der Waals surface area contributed by atoms with E-state index < -0.39 is 0 Å². The summed E-state index contributed by atoms with van der Waals surface area (Å²) in [4.78, 5) is 3.01. The third-order valence-electron chi connectivity index (χ3n) is 2.40. The number of aromatic amines is 1. The molecule has 0 spiro atoms. The van der Waals surface area contributed by atoms with Gasteiger partial charge in [0.2, 0.25) is 0 Å². The first-order valence-corrected chi connectivity index (χ1v) is 6.76. The Morgan fingerprint density at radius 2 is 2.05 bits per heavy atom. The lowest BCUT2D eigenvalue weighted by atomic mass is 10.3. The molecule has 1 heterocycles. The maximum atomic E-state index is 5.93. The predicted octanol–water partition coefficient (Wildman–Crippen LogP) is 3.29. The van der Waals surface area contributed by atoms with Crippen LogP contribution in [-0.2, 0) is 6.54 Å². The molecule has 0 fully saturated rings. The quantitative estimate of drug-likeness (QED) is 0.854. The summed E-state index contributed by atoms with van der Waals surface area (Å²) in [5.74, 6) is 0. The molecule has 0 aliphatic carbocycles. The molecule has 2 rings (SSSR count). The summed E-state index contributed by atoms with van der Waals surface area (Å²) in [5.41, 5.74) is 1.91. The van der Waals surface area contributed by atoms with Crippen molar-refractivity contribution in [1.29, 1.82) is 0 Å². The van der Waals surface area contributed by atoms with Gasteiger partial charge >= 0.3 is 0 Å². The molecule has 3 nitrogen and oxygen atoms in total. The van der Waals surface area contributed by atoms with E-state index in [0.717, 1.165) is 11.3 Å². The van der Waals surface area contributed by atoms with Gasteiger partial charge in [0.1, 0.15) is 0 Å². The van der Waals surface area contributed by atoms with Crippen molar-refractivity contribution in [2.75, 3.05) is 5.32 Å². The summed E-state index contributed by atoms with van der Waals surface area (Å²) in [6, 6.07) is 9.21. The molecule has 0 unspecified atom stereocenters. The highest BCUT2D eigenvalue weighted by atomic mass is 35.5. The molecule has 98 valence electrons. The highest BCUT2D eigenvalue weighted by Gasteiger charge is 2.02. The Labute approximate surface area is 127 Å². The van der Waals surface area contributed by atoms with E-state index in [4.69, 9.17) is 35.4 Å². The van der Waals surface area contributed by atoms with Crippen molar-refractivity contribution in [2.45, 2.75) is 6.54 Å². The van der Waals surface area contributed by atoms with Crippen molar-refractivity contribution < 1.29 is 4.98 Å². The van der Waals surface area contributed by atoms with Gasteiger partial charge in [-0.25, -0.2) is 4.98 Å². The van der Waals surface area contributed by atoms with Crippen molar-refractivity contribution in [2.24, 2.45) is 0 Å². The van der Waals surface area contributed by atoms with Crippen LogP contribution in [-0.4, -0.2) is 5.11 Å². The first kappa shape index (κ1) is 14.1. The minimum atomic E-state index is 0.493. The standard InChI is InChI=1S/C13H11Cl2N3S/c14-11-4-3-10(6-12(11)15)18-13(19)17-8-9-2-1-5-16-7-9/h1-7H,8H2,(H2,17,18,19)/p+1. The zero-order chi connectivity index (χ0) is 13.7. The topological polar surface area (TPSA) is 38.2 Å². The fourth-order valence-electron chi connectivity index (χ4n) is 1.47. The number of aromatic nitrogens is 1. The number of rotatable bonds is 3. The van der Waals surface area contributed by atoms with Crippen LogP contribution in [0, 0.1) is 0 Å². The van der Waals surface area contributed by atoms with Gasteiger partial charge in [0.25, 0.3) is 0 Å². The normalized spacial score (nSPS) is 10.0. The molecule has 0 aliphatic rings. The molecule has 0 atom stereocenters. The molecular weight excluding hydrogens is 301 g/mol. The van der Waals surface area contributed by atoms with Crippen LogP contribution in [0.2, 0.25) is 10.0 Å². The first-order valence-electron chi connectivity index (χ1n) is 5.60.